The van der Waals surface area contributed by atoms with E-state index in [1.54, 1.807) is 0 Å². The normalized spacial score (nSPS) is 23.0. The Hall–Kier alpha value is -1.39. The predicted octanol–water partition coefficient (Wildman–Crippen LogP) is 2.18. The Kier molecular flexibility index (Phi) is 6.21. The zero-order chi connectivity index (χ0) is 15.1. The van der Waals surface area contributed by atoms with Gasteiger partial charge in [0, 0.05) is 32.1 Å². The van der Waals surface area contributed by atoms with E-state index in [0.29, 0.717) is 18.9 Å². The van der Waals surface area contributed by atoms with Crippen molar-refractivity contribution in [2.24, 2.45) is 11.7 Å². The van der Waals surface area contributed by atoms with Gasteiger partial charge in [0.15, 0.2) is 0 Å². The van der Waals surface area contributed by atoms with Gasteiger partial charge in [-0.15, -0.1) is 0 Å². The summed E-state index contributed by atoms with van der Waals surface area (Å²) in [6, 6.07) is 10.7. The number of rotatable bonds is 6. The fourth-order valence-electron chi connectivity index (χ4n) is 3.08. The summed E-state index contributed by atoms with van der Waals surface area (Å²) >= 11 is 0. The van der Waals surface area contributed by atoms with Crippen molar-refractivity contribution in [1.29, 1.82) is 0 Å². The van der Waals surface area contributed by atoms with Crippen LogP contribution in [0.2, 0.25) is 0 Å². The van der Waals surface area contributed by atoms with Crippen molar-refractivity contribution in [2.45, 2.75) is 38.8 Å². The molecule has 2 rings (SSSR count). The molecule has 1 heterocycles. The molecule has 1 aromatic rings. The van der Waals surface area contributed by atoms with Crippen molar-refractivity contribution >= 4 is 5.97 Å². The van der Waals surface area contributed by atoms with Gasteiger partial charge >= 0.3 is 5.97 Å². The van der Waals surface area contributed by atoms with Crippen LogP contribution in [-0.2, 0) is 16.1 Å². The highest BCUT2D eigenvalue weighted by molar-refractivity contribution is 5.69. The lowest BCUT2D eigenvalue weighted by atomic mass is 9.90. The molecule has 0 spiro atoms. The van der Waals surface area contributed by atoms with E-state index in [2.05, 4.69) is 29.2 Å². The van der Waals surface area contributed by atoms with Gasteiger partial charge in [0.2, 0.25) is 0 Å². The Morgan fingerprint density at radius 2 is 2.10 bits per heavy atom. The van der Waals surface area contributed by atoms with Crippen LogP contribution in [0.25, 0.3) is 0 Å². The SMILES string of the molecule is CCOC(=O)CCC1CC(N)CN(Cc2ccccc2)C1. The van der Waals surface area contributed by atoms with Crippen LogP contribution in [0.15, 0.2) is 30.3 Å². The van der Waals surface area contributed by atoms with Crippen LogP contribution in [-0.4, -0.2) is 36.6 Å². The van der Waals surface area contributed by atoms with E-state index in [0.717, 1.165) is 32.5 Å². The number of likely N-dealkylation sites (tertiary alicyclic amines) is 1. The Balaban J connectivity index is 1.83. The summed E-state index contributed by atoms with van der Waals surface area (Å²) in [5.74, 6) is 0.396. The van der Waals surface area contributed by atoms with Crippen LogP contribution in [0.1, 0.15) is 31.7 Å². The average Bonchev–Trinajstić information content (AvgIpc) is 2.46. The third kappa shape index (κ3) is 5.48. The molecule has 1 aliphatic heterocycles. The molecule has 1 aromatic carbocycles. The molecule has 4 nitrogen and oxygen atoms in total. The van der Waals surface area contributed by atoms with E-state index in [9.17, 15) is 4.79 Å². The van der Waals surface area contributed by atoms with E-state index >= 15 is 0 Å². The molecule has 2 unspecified atom stereocenters. The number of hydrogen-bond donors (Lipinski definition) is 1. The highest BCUT2D eigenvalue weighted by Crippen LogP contribution is 2.22. The van der Waals surface area contributed by atoms with Crippen LogP contribution in [0.5, 0.6) is 0 Å². The van der Waals surface area contributed by atoms with Crippen molar-refractivity contribution in [3.05, 3.63) is 35.9 Å². The van der Waals surface area contributed by atoms with E-state index in [4.69, 9.17) is 10.5 Å². The molecule has 2 N–H and O–H groups in total. The maximum Gasteiger partial charge on any atom is 0.305 e. The molecule has 1 aliphatic rings. The summed E-state index contributed by atoms with van der Waals surface area (Å²) in [7, 11) is 0. The van der Waals surface area contributed by atoms with Crippen molar-refractivity contribution in [3.63, 3.8) is 0 Å². The van der Waals surface area contributed by atoms with Gasteiger partial charge in [-0.1, -0.05) is 30.3 Å². The monoisotopic (exact) mass is 290 g/mol. The first-order chi connectivity index (χ1) is 10.2. The van der Waals surface area contributed by atoms with Crippen LogP contribution in [0.3, 0.4) is 0 Å². The minimum absolute atomic E-state index is 0.0914. The van der Waals surface area contributed by atoms with Crippen LogP contribution in [0, 0.1) is 5.92 Å². The number of carbonyl (C=O) groups excluding carboxylic acids is 1. The average molecular weight is 290 g/mol. The Morgan fingerprint density at radius 1 is 1.33 bits per heavy atom. The summed E-state index contributed by atoms with van der Waals surface area (Å²) in [6.07, 6.45) is 2.38. The highest BCUT2D eigenvalue weighted by Gasteiger charge is 2.25. The van der Waals surface area contributed by atoms with Gasteiger partial charge in [0.1, 0.15) is 0 Å². The highest BCUT2D eigenvalue weighted by atomic mass is 16.5. The van der Waals surface area contributed by atoms with E-state index in [-0.39, 0.29) is 12.0 Å². The third-order valence-corrected chi connectivity index (χ3v) is 3.96. The van der Waals surface area contributed by atoms with E-state index in [1.165, 1.54) is 5.56 Å². The number of nitrogens with two attached hydrogens (primary N) is 1. The van der Waals surface area contributed by atoms with Crippen LogP contribution >= 0.6 is 0 Å². The van der Waals surface area contributed by atoms with Crippen LogP contribution < -0.4 is 5.73 Å². The molecular formula is C17H26N2O2. The second kappa shape index (κ2) is 8.15. The number of ether oxygens (including phenoxy) is 1. The van der Waals surface area contributed by atoms with Crippen molar-refractivity contribution in [1.82, 2.24) is 4.90 Å². The lowest BCUT2D eigenvalue weighted by Crippen LogP contribution is -2.46. The van der Waals surface area contributed by atoms with Gasteiger partial charge in [0.25, 0.3) is 0 Å². The van der Waals surface area contributed by atoms with E-state index < -0.39 is 0 Å². The first-order valence-electron chi connectivity index (χ1n) is 7.85. The number of esters is 1. The lowest BCUT2D eigenvalue weighted by molar-refractivity contribution is -0.143. The molecule has 116 valence electrons. The minimum atomic E-state index is -0.0914. The number of hydrogen-bond acceptors (Lipinski definition) is 4. The molecule has 0 amide bonds. The van der Waals surface area contributed by atoms with E-state index in [1.807, 2.05) is 13.0 Å². The molecule has 0 aliphatic carbocycles. The molecule has 0 radical (unpaired) electrons. The zero-order valence-corrected chi connectivity index (χ0v) is 12.8. The number of piperidine rings is 1. The smallest absolute Gasteiger partial charge is 0.305 e. The summed E-state index contributed by atoms with van der Waals surface area (Å²) < 4.78 is 5.00. The molecule has 0 bridgehead atoms. The van der Waals surface area contributed by atoms with Gasteiger partial charge in [-0.05, 0) is 31.2 Å². The molecule has 1 fully saturated rings. The van der Waals surface area contributed by atoms with Crippen molar-refractivity contribution in [2.75, 3.05) is 19.7 Å². The first kappa shape index (κ1) is 16.0. The molecule has 21 heavy (non-hydrogen) atoms. The lowest BCUT2D eigenvalue weighted by Gasteiger charge is -2.36. The summed E-state index contributed by atoms with van der Waals surface area (Å²) in [4.78, 5) is 13.9. The predicted molar refractivity (Wildman–Crippen MR) is 83.7 cm³/mol. The van der Waals surface area contributed by atoms with Crippen LogP contribution in [0.4, 0.5) is 0 Å². The Morgan fingerprint density at radius 3 is 2.81 bits per heavy atom. The number of carbonyl (C=O) groups is 1. The van der Waals surface area contributed by atoms with Gasteiger partial charge < -0.3 is 10.5 Å². The van der Waals surface area contributed by atoms with Crippen molar-refractivity contribution in [3.8, 4) is 0 Å². The fraction of sp³-hybridized carbons (Fsp3) is 0.588. The van der Waals surface area contributed by atoms with Gasteiger partial charge in [0.05, 0.1) is 6.61 Å². The standard InChI is InChI=1S/C17H26N2O2/c1-2-21-17(20)9-8-15-10-16(18)13-19(12-15)11-14-6-4-3-5-7-14/h3-7,15-16H,2,8-13,18H2,1H3. The Bertz CT molecular complexity index is 436. The molecular weight excluding hydrogens is 264 g/mol. The summed E-state index contributed by atoms with van der Waals surface area (Å²) in [6.45, 7) is 5.19. The quantitative estimate of drug-likeness (QED) is 0.816. The molecule has 0 saturated carbocycles. The molecule has 1 saturated heterocycles. The maximum absolute atomic E-state index is 11.5. The second-order valence-electron chi connectivity index (χ2n) is 5.89. The zero-order valence-electron chi connectivity index (χ0n) is 12.8. The largest absolute Gasteiger partial charge is 0.466 e. The summed E-state index contributed by atoms with van der Waals surface area (Å²) in [5.41, 5.74) is 7.49. The van der Waals surface area contributed by atoms with Gasteiger partial charge in [-0.25, -0.2) is 0 Å². The first-order valence-corrected chi connectivity index (χ1v) is 7.85. The van der Waals surface area contributed by atoms with Gasteiger partial charge in [-0.3, -0.25) is 9.69 Å². The maximum atomic E-state index is 11.5. The third-order valence-electron chi connectivity index (χ3n) is 3.96. The Labute approximate surface area is 127 Å². The topological polar surface area (TPSA) is 55.6 Å². The number of benzene rings is 1. The van der Waals surface area contributed by atoms with Crippen molar-refractivity contribution < 1.29 is 9.53 Å². The molecule has 2 atom stereocenters. The minimum Gasteiger partial charge on any atom is -0.466 e. The number of nitrogens with zero attached hydrogens (tertiary/aromatic N) is 1. The fourth-order valence-corrected chi connectivity index (χ4v) is 3.08. The second-order valence-corrected chi connectivity index (χ2v) is 5.89. The molecule has 0 aromatic heterocycles. The molecule has 4 heteroatoms. The summed E-state index contributed by atoms with van der Waals surface area (Å²) in [5, 5.41) is 0. The van der Waals surface area contributed by atoms with Gasteiger partial charge in [-0.2, -0.15) is 0 Å².